The minimum atomic E-state index is -1.60. The number of alkyl halides is 3. The molecule has 25 heavy (non-hydrogen) atoms. The Bertz CT molecular complexity index is 755. The lowest BCUT2D eigenvalue weighted by Crippen LogP contribution is -2.42. The molecule has 2 rings (SSSR count). The fourth-order valence-electron chi connectivity index (χ4n) is 2.12. The van der Waals surface area contributed by atoms with Gasteiger partial charge in [-0.2, -0.15) is 0 Å². The van der Waals surface area contributed by atoms with Gasteiger partial charge in [-0.1, -0.05) is 59.1 Å². The molecule has 0 heterocycles. The van der Waals surface area contributed by atoms with Crippen LogP contribution in [0.4, 0.5) is 0 Å². The summed E-state index contributed by atoms with van der Waals surface area (Å²) in [5.41, 5.74) is 1.31. The zero-order valence-electron chi connectivity index (χ0n) is 12.7. The zero-order chi connectivity index (χ0) is 18.6. The van der Waals surface area contributed by atoms with Gasteiger partial charge in [0.25, 0.3) is 5.91 Å². The highest BCUT2D eigenvalue weighted by Crippen LogP contribution is 2.37. The van der Waals surface area contributed by atoms with Crippen molar-refractivity contribution in [2.75, 3.05) is 0 Å². The molecule has 0 saturated heterocycles. The van der Waals surface area contributed by atoms with Crippen molar-refractivity contribution in [2.24, 2.45) is 0 Å². The fraction of sp³-hybridized carbons (Fsp3) is 0.176. The molecule has 0 aliphatic heterocycles. The average Bonchev–Trinajstić information content (AvgIpc) is 2.55. The van der Waals surface area contributed by atoms with E-state index in [0.29, 0.717) is 11.1 Å². The molecule has 0 aromatic heterocycles. The molecular formula is C17H14Cl3NO4. The number of hydrogen-bond acceptors (Lipinski definition) is 3. The molecule has 2 aromatic rings. The number of carbonyl (C=O) groups is 2. The van der Waals surface area contributed by atoms with Crippen molar-refractivity contribution in [1.29, 1.82) is 0 Å². The highest BCUT2D eigenvalue weighted by molar-refractivity contribution is 6.66. The molecule has 0 aliphatic rings. The van der Waals surface area contributed by atoms with Gasteiger partial charge in [-0.05, 0) is 29.8 Å². The van der Waals surface area contributed by atoms with E-state index in [4.69, 9.17) is 34.8 Å². The fourth-order valence-corrected chi connectivity index (χ4v) is 2.50. The number of nitrogens with one attached hydrogen (secondary N) is 1. The second-order valence-electron chi connectivity index (χ2n) is 5.31. The van der Waals surface area contributed by atoms with E-state index >= 15 is 0 Å². The number of aromatic hydroxyl groups is 1. The second kappa shape index (κ2) is 7.95. The molecule has 0 aliphatic carbocycles. The molecule has 0 fully saturated rings. The summed E-state index contributed by atoms with van der Waals surface area (Å²) >= 11 is 17.3. The van der Waals surface area contributed by atoms with Crippen LogP contribution in [0, 0.1) is 0 Å². The van der Waals surface area contributed by atoms with Crippen molar-refractivity contribution in [1.82, 2.24) is 5.32 Å². The SMILES string of the molecule is O=C(N[C@@H](Cc1ccc(O)cc1)C(=O)O)c1ccc(C(Cl)(Cl)Cl)cc1. The Morgan fingerprint density at radius 1 is 1.00 bits per heavy atom. The van der Waals surface area contributed by atoms with Crippen LogP contribution in [0.5, 0.6) is 5.75 Å². The standard InChI is InChI=1S/C17H14Cl3NO4/c18-17(19,20)12-5-3-11(4-6-12)15(23)21-14(16(24)25)9-10-1-7-13(22)8-2-10/h1-8,14,22H,9H2,(H,21,23)(H,24,25)/t14-/m0/s1. The first-order valence-electron chi connectivity index (χ1n) is 7.15. The molecule has 132 valence electrons. The van der Waals surface area contributed by atoms with Crippen molar-refractivity contribution >= 4 is 46.7 Å². The van der Waals surface area contributed by atoms with Gasteiger partial charge in [0, 0.05) is 17.5 Å². The molecule has 1 atom stereocenters. The normalized spacial score (nSPS) is 12.4. The highest BCUT2D eigenvalue weighted by Gasteiger charge is 2.24. The molecule has 0 spiro atoms. The minimum Gasteiger partial charge on any atom is -0.508 e. The summed E-state index contributed by atoms with van der Waals surface area (Å²) in [5, 5.41) is 21.0. The van der Waals surface area contributed by atoms with E-state index in [-0.39, 0.29) is 17.7 Å². The Kier molecular flexibility index (Phi) is 6.16. The number of aliphatic carboxylic acids is 1. The van der Waals surface area contributed by atoms with Crippen LogP contribution in [0.15, 0.2) is 48.5 Å². The van der Waals surface area contributed by atoms with Gasteiger partial charge < -0.3 is 15.5 Å². The number of hydrogen-bond donors (Lipinski definition) is 3. The van der Waals surface area contributed by atoms with Crippen LogP contribution in [0.1, 0.15) is 21.5 Å². The lowest BCUT2D eigenvalue weighted by atomic mass is 10.0. The van der Waals surface area contributed by atoms with E-state index in [0.717, 1.165) is 0 Å². The molecular weight excluding hydrogens is 389 g/mol. The van der Waals surface area contributed by atoms with Crippen molar-refractivity contribution in [3.63, 3.8) is 0 Å². The Hall–Kier alpha value is -1.95. The number of amides is 1. The Morgan fingerprint density at radius 3 is 2.04 bits per heavy atom. The number of rotatable bonds is 5. The number of phenolic OH excluding ortho intramolecular Hbond substituents is 1. The highest BCUT2D eigenvalue weighted by atomic mass is 35.6. The van der Waals surface area contributed by atoms with E-state index in [1.54, 1.807) is 12.1 Å². The van der Waals surface area contributed by atoms with Crippen LogP contribution in [0.25, 0.3) is 0 Å². The number of carbonyl (C=O) groups excluding carboxylic acids is 1. The van der Waals surface area contributed by atoms with E-state index in [1.807, 2.05) is 0 Å². The summed E-state index contributed by atoms with van der Waals surface area (Å²) in [6.07, 6.45) is 0.0770. The molecule has 2 aromatic carbocycles. The van der Waals surface area contributed by atoms with Gasteiger partial charge in [0.1, 0.15) is 11.8 Å². The molecule has 0 saturated carbocycles. The molecule has 3 N–H and O–H groups in total. The number of phenols is 1. The van der Waals surface area contributed by atoms with E-state index < -0.39 is 21.7 Å². The van der Waals surface area contributed by atoms with Crippen molar-refractivity contribution in [3.05, 3.63) is 65.2 Å². The number of benzene rings is 2. The molecule has 8 heteroatoms. The molecule has 0 radical (unpaired) electrons. The largest absolute Gasteiger partial charge is 0.508 e. The van der Waals surface area contributed by atoms with Gasteiger partial charge in [-0.3, -0.25) is 4.79 Å². The summed E-state index contributed by atoms with van der Waals surface area (Å²) < 4.78 is -1.60. The Labute approximate surface area is 159 Å². The first-order chi connectivity index (χ1) is 11.7. The Morgan fingerprint density at radius 2 is 1.56 bits per heavy atom. The van der Waals surface area contributed by atoms with Gasteiger partial charge in [0.15, 0.2) is 0 Å². The quantitative estimate of drug-likeness (QED) is 0.666. The third kappa shape index (κ3) is 5.53. The predicted molar refractivity (Wildman–Crippen MR) is 96.4 cm³/mol. The number of halogens is 3. The third-order valence-corrected chi connectivity index (χ3v) is 4.11. The number of carboxylic acids is 1. The maximum atomic E-state index is 12.3. The maximum absolute atomic E-state index is 12.3. The van der Waals surface area contributed by atoms with Crippen molar-refractivity contribution < 1.29 is 19.8 Å². The Balaban J connectivity index is 2.09. The van der Waals surface area contributed by atoms with E-state index in [2.05, 4.69) is 5.32 Å². The number of carboxylic acid groups (broad SMARTS) is 1. The summed E-state index contributed by atoms with van der Waals surface area (Å²) in [6.45, 7) is 0. The summed E-state index contributed by atoms with van der Waals surface area (Å²) in [4.78, 5) is 23.7. The molecule has 0 unspecified atom stereocenters. The van der Waals surface area contributed by atoms with Crippen LogP contribution >= 0.6 is 34.8 Å². The average molecular weight is 403 g/mol. The van der Waals surface area contributed by atoms with E-state index in [1.165, 1.54) is 36.4 Å². The van der Waals surface area contributed by atoms with Gasteiger partial charge in [0.2, 0.25) is 3.79 Å². The smallest absolute Gasteiger partial charge is 0.326 e. The zero-order valence-corrected chi connectivity index (χ0v) is 15.0. The van der Waals surface area contributed by atoms with Gasteiger partial charge in [-0.25, -0.2) is 4.79 Å². The molecule has 5 nitrogen and oxygen atoms in total. The van der Waals surface area contributed by atoms with Gasteiger partial charge in [-0.15, -0.1) is 0 Å². The topological polar surface area (TPSA) is 86.6 Å². The second-order valence-corrected chi connectivity index (χ2v) is 7.59. The van der Waals surface area contributed by atoms with Crippen molar-refractivity contribution in [3.8, 4) is 5.75 Å². The summed E-state index contributed by atoms with van der Waals surface area (Å²) in [6, 6.07) is 10.8. The van der Waals surface area contributed by atoms with Gasteiger partial charge in [0.05, 0.1) is 0 Å². The van der Waals surface area contributed by atoms with Crippen LogP contribution in [0.3, 0.4) is 0 Å². The van der Waals surface area contributed by atoms with Crippen LogP contribution < -0.4 is 5.32 Å². The van der Waals surface area contributed by atoms with Gasteiger partial charge >= 0.3 is 5.97 Å². The first kappa shape index (κ1) is 19.4. The molecule has 1 amide bonds. The first-order valence-corrected chi connectivity index (χ1v) is 8.29. The van der Waals surface area contributed by atoms with Crippen molar-refractivity contribution in [2.45, 2.75) is 16.3 Å². The third-order valence-electron chi connectivity index (χ3n) is 3.45. The minimum absolute atomic E-state index is 0.0770. The van der Waals surface area contributed by atoms with Crippen LogP contribution in [-0.4, -0.2) is 28.1 Å². The van der Waals surface area contributed by atoms with Crippen LogP contribution in [0.2, 0.25) is 0 Å². The summed E-state index contributed by atoms with van der Waals surface area (Å²) in [5.74, 6) is -1.64. The molecule has 0 bridgehead atoms. The lowest BCUT2D eigenvalue weighted by Gasteiger charge is -2.16. The lowest BCUT2D eigenvalue weighted by molar-refractivity contribution is -0.139. The monoisotopic (exact) mass is 401 g/mol. The van der Waals surface area contributed by atoms with Crippen LogP contribution in [-0.2, 0) is 15.0 Å². The maximum Gasteiger partial charge on any atom is 0.326 e. The summed E-state index contributed by atoms with van der Waals surface area (Å²) in [7, 11) is 0. The van der Waals surface area contributed by atoms with E-state index in [9.17, 15) is 19.8 Å². The predicted octanol–water partition coefficient (Wildman–Crippen LogP) is 3.64.